The van der Waals surface area contributed by atoms with Crippen LogP contribution in [0.15, 0.2) is 24.3 Å². The molecule has 0 saturated heterocycles. The maximum absolute atomic E-state index is 12.2. The van der Waals surface area contributed by atoms with Gasteiger partial charge in [-0.25, -0.2) is 9.59 Å². The van der Waals surface area contributed by atoms with Crippen molar-refractivity contribution in [1.29, 1.82) is 0 Å². The first kappa shape index (κ1) is 22.0. The molecule has 144 valence electrons. The van der Waals surface area contributed by atoms with Crippen LogP contribution in [0.1, 0.15) is 31.2 Å². The molecular formula is C17H22ClNO7. The summed E-state index contributed by atoms with van der Waals surface area (Å²) in [5, 5.41) is 36.4. The number of likely N-dealkylation sites (N-methyl/N-ethyl adjacent to an activating group) is 1. The Bertz CT molecular complexity index is 648. The Hall–Kier alpha value is -2.00. The molecule has 0 radical (unpaired) electrons. The van der Waals surface area contributed by atoms with E-state index in [2.05, 4.69) is 5.32 Å². The number of aliphatic carboxylic acids is 2. The summed E-state index contributed by atoms with van der Waals surface area (Å²) in [6.07, 6.45) is -0.988. The first-order valence-electron chi connectivity index (χ1n) is 7.96. The van der Waals surface area contributed by atoms with Crippen LogP contribution < -0.4 is 5.32 Å². The Labute approximate surface area is 155 Å². The average Bonchev–Trinajstić information content (AvgIpc) is 2.62. The first-order valence-corrected chi connectivity index (χ1v) is 8.34. The fourth-order valence-electron chi connectivity index (χ4n) is 2.79. The number of aliphatic hydroxyl groups is 2. The smallest absolute Gasteiger partial charge is 0.335 e. The van der Waals surface area contributed by atoms with Crippen LogP contribution in [0.25, 0.3) is 0 Å². The molecule has 0 heterocycles. The highest BCUT2D eigenvalue weighted by molar-refractivity contribution is 6.31. The Morgan fingerprint density at radius 3 is 2.08 bits per heavy atom. The zero-order valence-corrected chi connectivity index (χ0v) is 14.9. The highest BCUT2D eigenvalue weighted by atomic mass is 35.5. The van der Waals surface area contributed by atoms with E-state index in [1.807, 2.05) is 31.3 Å². The van der Waals surface area contributed by atoms with Gasteiger partial charge in [0, 0.05) is 11.4 Å². The monoisotopic (exact) mass is 387 g/mol. The van der Waals surface area contributed by atoms with E-state index in [9.17, 15) is 14.4 Å². The third-order valence-corrected chi connectivity index (χ3v) is 4.58. The number of rotatable bonds is 5. The van der Waals surface area contributed by atoms with Crippen LogP contribution in [-0.2, 0) is 19.9 Å². The minimum absolute atomic E-state index is 0.259. The van der Waals surface area contributed by atoms with Gasteiger partial charge in [-0.1, -0.05) is 36.2 Å². The number of Topliss-reactive ketones (excluding diaryl/α,β-unsaturated/α-hetero) is 1. The molecule has 1 aromatic carbocycles. The summed E-state index contributed by atoms with van der Waals surface area (Å²) in [5.74, 6) is -3.28. The Kier molecular flexibility index (Phi) is 8.16. The van der Waals surface area contributed by atoms with Crippen molar-refractivity contribution in [3.8, 4) is 0 Å². The Morgan fingerprint density at radius 1 is 1.12 bits per heavy atom. The van der Waals surface area contributed by atoms with E-state index in [0.29, 0.717) is 11.4 Å². The van der Waals surface area contributed by atoms with Crippen molar-refractivity contribution in [1.82, 2.24) is 5.32 Å². The summed E-state index contributed by atoms with van der Waals surface area (Å²) in [6.45, 7) is 0. The van der Waals surface area contributed by atoms with E-state index in [1.165, 1.54) is 0 Å². The quantitative estimate of drug-likeness (QED) is 0.498. The topological polar surface area (TPSA) is 144 Å². The SMILES string of the molecule is CN[C@]1(c2ccccc2Cl)CCCCC1=O.O=C(O)[C@@H](O)[C@H](O)C(=O)O. The molecule has 1 aliphatic rings. The molecule has 2 rings (SSSR count). The minimum Gasteiger partial charge on any atom is -0.479 e. The average molecular weight is 388 g/mol. The predicted molar refractivity (Wildman–Crippen MR) is 92.9 cm³/mol. The van der Waals surface area contributed by atoms with Crippen LogP contribution in [0, 0.1) is 0 Å². The summed E-state index contributed by atoms with van der Waals surface area (Å²) >= 11 is 6.20. The normalized spacial score (nSPS) is 21.9. The van der Waals surface area contributed by atoms with Gasteiger partial charge in [0.2, 0.25) is 0 Å². The molecule has 5 N–H and O–H groups in total. The summed E-state index contributed by atoms with van der Waals surface area (Å²) in [7, 11) is 1.84. The van der Waals surface area contributed by atoms with Gasteiger partial charge in [-0.05, 0) is 31.5 Å². The molecule has 26 heavy (non-hydrogen) atoms. The lowest BCUT2D eigenvalue weighted by Crippen LogP contribution is -2.49. The lowest BCUT2D eigenvalue weighted by Gasteiger charge is -2.36. The van der Waals surface area contributed by atoms with Crippen LogP contribution in [0.2, 0.25) is 5.02 Å². The molecule has 3 atom stereocenters. The van der Waals surface area contributed by atoms with Crippen LogP contribution in [0.4, 0.5) is 0 Å². The predicted octanol–water partition coefficient (Wildman–Crippen LogP) is 0.775. The first-order chi connectivity index (χ1) is 12.2. The fourth-order valence-corrected chi connectivity index (χ4v) is 3.09. The van der Waals surface area contributed by atoms with Crippen LogP contribution in [0.5, 0.6) is 0 Å². The molecule has 1 aromatic rings. The van der Waals surface area contributed by atoms with Gasteiger partial charge in [0.25, 0.3) is 0 Å². The zero-order valence-electron chi connectivity index (χ0n) is 14.2. The van der Waals surface area contributed by atoms with E-state index >= 15 is 0 Å². The maximum Gasteiger partial charge on any atom is 0.335 e. The van der Waals surface area contributed by atoms with Gasteiger partial charge in [-0.15, -0.1) is 0 Å². The summed E-state index contributed by atoms with van der Waals surface area (Å²) in [5.41, 5.74) is 0.361. The van der Waals surface area contributed by atoms with Crippen LogP contribution in [-0.4, -0.2) is 57.4 Å². The van der Waals surface area contributed by atoms with E-state index in [1.54, 1.807) is 0 Å². The number of benzene rings is 1. The van der Waals surface area contributed by atoms with Gasteiger partial charge in [0.1, 0.15) is 5.54 Å². The molecule has 9 heteroatoms. The van der Waals surface area contributed by atoms with Crippen molar-refractivity contribution in [2.24, 2.45) is 0 Å². The molecule has 0 aromatic heterocycles. The number of aliphatic hydroxyl groups excluding tert-OH is 2. The number of nitrogens with one attached hydrogen (secondary N) is 1. The molecule has 0 amide bonds. The molecule has 1 fully saturated rings. The van der Waals surface area contributed by atoms with Crippen LogP contribution in [0.3, 0.4) is 0 Å². The van der Waals surface area contributed by atoms with E-state index in [-0.39, 0.29) is 5.78 Å². The molecule has 0 spiro atoms. The molecule has 8 nitrogen and oxygen atoms in total. The van der Waals surface area contributed by atoms with Gasteiger partial charge in [0.05, 0.1) is 0 Å². The van der Waals surface area contributed by atoms with Crippen molar-refractivity contribution < 1.29 is 34.8 Å². The van der Waals surface area contributed by atoms with Gasteiger partial charge >= 0.3 is 11.9 Å². The van der Waals surface area contributed by atoms with E-state index in [0.717, 1.165) is 24.8 Å². The molecule has 0 bridgehead atoms. The minimum atomic E-state index is -2.27. The number of hydrogen-bond donors (Lipinski definition) is 5. The van der Waals surface area contributed by atoms with Crippen molar-refractivity contribution in [3.63, 3.8) is 0 Å². The van der Waals surface area contributed by atoms with E-state index < -0.39 is 29.7 Å². The van der Waals surface area contributed by atoms with Crippen molar-refractivity contribution in [2.45, 2.75) is 43.4 Å². The van der Waals surface area contributed by atoms with E-state index in [4.69, 9.17) is 32.0 Å². The molecular weight excluding hydrogens is 366 g/mol. The number of halogens is 1. The van der Waals surface area contributed by atoms with Crippen molar-refractivity contribution >= 4 is 29.3 Å². The largest absolute Gasteiger partial charge is 0.479 e. The number of carbonyl (C=O) groups excluding carboxylic acids is 1. The lowest BCUT2D eigenvalue weighted by molar-refractivity contribution is -0.165. The second kappa shape index (κ2) is 9.63. The maximum atomic E-state index is 12.2. The molecule has 0 unspecified atom stereocenters. The summed E-state index contributed by atoms with van der Waals surface area (Å²) in [6, 6.07) is 7.62. The number of carbonyl (C=O) groups is 3. The number of ketones is 1. The van der Waals surface area contributed by atoms with Gasteiger partial charge in [-0.3, -0.25) is 4.79 Å². The number of carboxylic acids is 2. The molecule has 1 saturated carbocycles. The number of hydrogen-bond acceptors (Lipinski definition) is 6. The summed E-state index contributed by atoms with van der Waals surface area (Å²) < 4.78 is 0. The standard InChI is InChI=1S/C13H16ClNO.C4H6O6/c1-15-13(9-5-4-8-12(13)16)10-6-2-3-7-11(10)14;5-1(3(7)8)2(6)4(9)10/h2-3,6-7,15H,4-5,8-9H2,1H3;1-2,5-6H,(H,7,8)(H,9,10)/t13-;1-,2-/m00/s1. The Balaban J connectivity index is 0.000000294. The van der Waals surface area contributed by atoms with Crippen molar-refractivity contribution in [3.05, 3.63) is 34.9 Å². The molecule has 0 aliphatic heterocycles. The number of carboxylic acid groups (broad SMARTS) is 2. The third kappa shape index (κ3) is 5.01. The lowest BCUT2D eigenvalue weighted by atomic mass is 9.75. The Morgan fingerprint density at radius 2 is 1.65 bits per heavy atom. The molecule has 1 aliphatic carbocycles. The second-order valence-corrected chi connectivity index (χ2v) is 6.24. The van der Waals surface area contributed by atoms with Crippen molar-refractivity contribution in [2.75, 3.05) is 7.05 Å². The van der Waals surface area contributed by atoms with Gasteiger partial charge < -0.3 is 25.7 Å². The second-order valence-electron chi connectivity index (χ2n) is 5.83. The zero-order chi connectivity index (χ0) is 19.9. The van der Waals surface area contributed by atoms with Crippen LogP contribution >= 0.6 is 11.6 Å². The highest BCUT2D eigenvalue weighted by Crippen LogP contribution is 2.37. The fraction of sp³-hybridized carbons (Fsp3) is 0.471. The third-order valence-electron chi connectivity index (χ3n) is 4.25. The van der Waals surface area contributed by atoms with Gasteiger partial charge in [-0.2, -0.15) is 0 Å². The highest BCUT2D eigenvalue weighted by Gasteiger charge is 2.41. The summed E-state index contributed by atoms with van der Waals surface area (Å²) in [4.78, 5) is 31.7. The van der Waals surface area contributed by atoms with Gasteiger partial charge in [0.15, 0.2) is 18.0 Å².